The molecule has 2 aliphatic heterocycles. The first kappa shape index (κ1) is 19.4. The largest absolute Gasteiger partial charge is 0.480 e. The predicted octanol–water partition coefficient (Wildman–Crippen LogP) is 4.24. The van der Waals surface area contributed by atoms with Crippen molar-refractivity contribution in [3.05, 3.63) is 59.8 Å². The number of hydrogen-bond donors (Lipinski definition) is 0. The Labute approximate surface area is 170 Å². The lowest BCUT2D eigenvalue weighted by molar-refractivity contribution is 0.00466. The molecule has 2 fully saturated rings. The fraction of sp³-hybridized carbons (Fsp3) is 0.435. The minimum atomic E-state index is -0.270. The van der Waals surface area contributed by atoms with E-state index in [4.69, 9.17) is 9.47 Å². The van der Waals surface area contributed by atoms with Crippen LogP contribution in [0.2, 0.25) is 0 Å². The number of carbonyl (C=O) groups excluding carboxylic acids is 2. The molecular formula is C23H26N2O4. The molecule has 0 aliphatic carbocycles. The van der Waals surface area contributed by atoms with Gasteiger partial charge in [0.15, 0.2) is 5.78 Å². The third-order valence-electron chi connectivity index (χ3n) is 5.99. The van der Waals surface area contributed by atoms with Gasteiger partial charge in [-0.1, -0.05) is 30.3 Å². The summed E-state index contributed by atoms with van der Waals surface area (Å²) in [6, 6.07) is 13.3. The summed E-state index contributed by atoms with van der Waals surface area (Å²) >= 11 is 0. The second kappa shape index (κ2) is 8.64. The zero-order chi connectivity index (χ0) is 20.2. The second-order valence-electron chi connectivity index (χ2n) is 7.78. The number of fused-ring (bicyclic) bond motifs is 2. The Morgan fingerprint density at radius 2 is 1.79 bits per heavy atom. The van der Waals surface area contributed by atoms with Crippen molar-refractivity contribution in [1.82, 2.24) is 9.88 Å². The summed E-state index contributed by atoms with van der Waals surface area (Å²) < 4.78 is 10.9. The standard InChI is InChI=1S/C23H26N2O4/c1-28-22-20(11-6-12-24-22)21(26)17-13-18-9-5-10-19(14-17)25(18)23(27)29-15-16-7-3-2-4-8-16/h2-4,6-8,11-12,17-19H,5,9-10,13-15H2,1H3. The molecule has 1 aromatic heterocycles. The summed E-state index contributed by atoms with van der Waals surface area (Å²) in [5.74, 6) is 0.304. The zero-order valence-corrected chi connectivity index (χ0v) is 16.6. The fourth-order valence-corrected chi connectivity index (χ4v) is 4.65. The summed E-state index contributed by atoms with van der Waals surface area (Å²) in [7, 11) is 1.53. The predicted molar refractivity (Wildman–Crippen MR) is 108 cm³/mol. The van der Waals surface area contributed by atoms with Crippen molar-refractivity contribution in [2.45, 2.75) is 50.8 Å². The van der Waals surface area contributed by atoms with Gasteiger partial charge in [-0.15, -0.1) is 0 Å². The number of methoxy groups -OCH3 is 1. The van der Waals surface area contributed by atoms with Gasteiger partial charge < -0.3 is 14.4 Å². The van der Waals surface area contributed by atoms with Crippen LogP contribution < -0.4 is 4.74 Å². The topological polar surface area (TPSA) is 68.7 Å². The molecule has 152 valence electrons. The van der Waals surface area contributed by atoms with Crippen molar-refractivity contribution in [2.75, 3.05) is 7.11 Å². The van der Waals surface area contributed by atoms with Crippen LogP contribution in [0.4, 0.5) is 4.79 Å². The van der Waals surface area contributed by atoms with E-state index < -0.39 is 0 Å². The molecule has 2 aromatic rings. The zero-order valence-electron chi connectivity index (χ0n) is 16.6. The number of amides is 1. The number of benzene rings is 1. The Morgan fingerprint density at radius 3 is 2.48 bits per heavy atom. The summed E-state index contributed by atoms with van der Waals surface area (Å²) in [5, 5.41) is 0. The van der Waals surface area contributed by atoms with E-state index in [1.165, 1.54) is 7.11 Å². The number of ether oxygens (including phenoxy) is 2. The van der Waals surface area contributed by atoms with Gasteiger partial charge in [-0.05, 0) is 49.8 Å². The van der Waals surface area contributed by atoms with E-state index in [0.717, 1.165) is 24.8 Å². The number of aromatic nitrogens is 1. The highest BCUT2D eigenvalue weighted by atomic mass is 16.6. The maximum absolute atomic E-state index is 13.1. The van der Waals surface area contributed by atoms with Crippen molar-refractivity contribution in [2.24, 2.45) is 5.92 Å². The van der Waals surface area contributed by atoms with Crippen LogP contribution in [0.3, 0.4) is 0 Å². The average molecular weight is 394 g/mol. The molecule has 2 aliphatic rings. The molecule has 1 aromatic carbocycles. The van der Waals surface area contributed by atoms with Crippen LogP contribution in [-0.2, 0) is 11.3 Å². The number of ketones is 1. The van der Waals surface area contributed by atoms with Crippen LogP contribution in [0.15, 0.2) is 48.7 Å². The Balaban J connectivity index is 1.45. The van der Waals surface area contributed by atoms with Gasteiger partial charge in [-0.3, -0.25) is 4.79 Å². The molecule has 4 rings (SSSR count). The van der Waals surface area contributed by atoms with Crippen molar-refractivity contribution < 1.29 is 19.1 Å². The van der Waals surface area contributed by atoms with Crippen LogP contribution in [0, 0.1) is 5.92 Å². The van der Waals surface area contributed by atoms with Crippen LogP contribution in [-0.4, -0.2) is 41.0 Å². The maximum Gasteiger partial charge on any atom is 0.410 e. The quantitative estimate of drug-likeness (QED) is 0.710. The van der Waals surface area contributed by atoms with E-state index in [1.54, 1.807) is 18.3 Å². The number of piperidine rings is 2. The van der Waals surface area contributed by atoms with E-state index in [0.29, 0.717) is 24.3 Å². The normalized spacial score (nSPS) is 23.3. The Kier molecular flexibility index (Phi) is 5.79. The highest BCUT2D eigenvalue weighted by Crippen LogP contribution is 2.39. The lowest BCUT2D eigenvalue weighted by Gasteiger charge is -2.47. The van der Waals surface area contributed by atoms with Crippen molar-refractivity contribution in [3.63, 3.8) is 0 Å². The van der Waals surface area contributed by atoms with E-state index >= 15 is 0 Å². The van der Waals surface area contributed by atoms with E-state index in [9.17, 15) is 9.59 Å². The second-order valence-corrected chi connectivity index (χ2v) is 7.78. The van der Waals surface area contributed by atoms with Gasteiger partial charge in [0.25, 0.3) is 0 Å². The first-order chi connectivity index (χ1) is 14.2. The van der Waals surface area contributed by atoms with E-state index in [2.05, 4.69) is 4.98 Å². The number of rotatable bonds is 5. The third kappa shape index (κ3) is 4.11. The molecule has 2 bridgehead atoms. The number of hydrogen-bond acceptors (Lipinski definition) is 5. The molecule has 2 atom stereocenters. The molecule has 2 saturated heterocycles. The smallest absolute Gasteiger partial charge is 0.410 e. The molecule has 29 heavy (non-hydrogen) atoms. The van der Waals surface area contributed by atoms with Gasteiger partial charge in [0.1, 0.15) is 6.61 Å². The van der Waals surface area contributed by atoms with Gasteiger partial charge in [0, 0.05) is 24.2 Å². The third-order valence-corrected chi connectivity index (χ3v) is 5.99. The summed E-state index contributed by atoms with van der Waals surface area (Å²) in [4.78, 5) is 32.0. The number of carbonyl (C=O) groups is 2. The van der Waals surface area contributed by atoms with Gasteiger partial charge >= 0.3 is 6.09 Å². The Morgan fingerprint density at radius 1 is 1.07 bits per heavy atom. The molecule has 1 amide bonds. The van der Waals surface area contributed by atoms with Crippen molar-refractivity contribution in [3.8, 4) is 5.88 Å². The number of pyridine rings is 1. The van der Waals surface area contributed by atoms with E-state index in [1.807, 2.05) is 35.2 Å². The Hall–Kier alpha value is -2.89. The van der Waals surface area contributed by atoms with Crippen LogP contribution >= 0.6 is 0 Å². The summed E-state index contributed by atoms with van der Waals surface area (Å²) in [6.07, 6.45) is 5.57. The van der Waals surface area contributed by atoms with Gasteiger partial charge in [-0.25, -0.2) is 9.78 Å². The van der Waals surface area contributed by atoms with Crippen LogP contribution in [0.25, 0.3) is 0 Å². The average Bonchev–Trinajstić information content (AvgIpc) is 2.76. The molecule has 6 heteroatoms. The van der Waals surface area contributed by atoms with Gasteiger partial charge in [0.05, 0.1) is 12.7 Å². The first-order valence-electron chi connectivity index (χ1n) is 10.2. The molecule has 0 spiro atoms. The fourth-order valence-electron chi connectivity index (χ4n) is 4.65. The SMILES string of the molecule is COc1ncccc1C(=O)C1CC2CCCC(C1)N2C(=O)OCc1ccccc1. The van der Waals surface area contributed by atoms with Crippen molar-refractivity contribution in [1.29, 1.82) is 0 Å². The highest BCUT2D eigenvalue weighted by molar-refractivity contribution is 6.00. The molecule has 2 unspecified atom stereocenters. The molecule has 0 saturated carbocycles. The Bertz CT molecular complexity index is 856. The van der Waals surface area contributed by atoms with Crippen LogP contribution in [0.1, 0.15) is 48.0 Å². The summed E-state index contributed by atoms with van der Waals surface area (Å²) in [6.45, 7) is 0.269. The molecule has 3 heterocycles. The monoisotopic (exact) mass is 394 g/mol. The van der Waals surface area contributed by atoms with Crippen LogP contribution in [0.5, 0.6) is 5.88 Å². The number of nitrogens with zero attached hydrogens (tertiary/aromatic N) is 2. The van der Waals surface area contributed by atoms with E-state index in [-0.39, 0.29) is 36.5 Å². The van der Waals surface area contributed by atoms with Crippen molar-refractivity contribution >= 4 is 11.9 Å². The van der Waals surface area contributed by atoms with Gasteiger partial charge in [0.2, 0.25) is 5.88 Å². The van der Waals surface area contributed by atoms with Gasteiger partial charge in [-0.2, -0.15) is 0 Å². The minimum absolute atomic E-state index is 0.0439. The first-order valence-corrected chi connectivity index (χ1v) is 10.2. The molecule has 6 nitrogen and oxygen atoms in total. The molecule has 0 radical (unpaired) electrons. The number of Topliss-reactive ketones (excluding diaryl/α,β-unsaturated/α-hetero) is 1. The lowest BCUT2D eigenvalue weighted by Crippen LogP contribution is -2.55. The maximum atomic E-state index is 13.1. The molecule has 0 N–H and O–H groups in total. The summed E-state index contributed by atoms with van der Waals surface area (Å²) in [5.41, 5.74) is 1.50. The molecular weight excluding hydrogens is 368 g/mol. The minimum Gasteiger partial charge on any atom is -0.480 e. The highest BCUT2D eigenvalue weighted by Gasteiger charge is 2.44. The lowest BCUT2D eigenvalue weighted by atomic mass is 9.76.